The van der Waals surface area contributed by atoms with Crippen LogP contribution in [0.1, 0.15) is 41.7 Å². The Kier molecular flexibility index (Phi) is 13.9. The molecular formula is C25H27BrCl2FeN3. The van der Waals surface area contributed by atoms with Crippen LogP contribution in [0.15, 0.2) is 69.3 Å². The molecule has 1 heterocycles. The van der Waals surface area contributed by atoms with Crippen LogP contribution in [0.25, 0.3) is 0 Å². The molecule has 32 heavy (non-hydrogen) atoms. The number of nitrogens with zero attached hydrogens (tertiary/aromatic N) is 3. The van der Waals surface area contributed by atoms with E-state index in [4.69, 9.17) is 0 Å². The zero-order valence-electron chi connectivity index (χ0n) is 19.0. The monoisotopic (exact) mass is 574 g/mol. The van der Waals surface area contributed by atoms with Crippen molar-refractivity contribution < 1.29 is 40.8 Å². The summed E-state index contributed by atoms with van der Waals surface area (Å²) in [5, 5.41) is 0. The third-order valence-corrected chi connectivity index (χ3v) is 5.21. The zero-order valence-corrected chi connectivity index (χ0v) is 23.2. The second-order valence-electron chi connectivity index (χ2n) is 7.18. The quantitative estimate of drug-likeness (QED) is 0.345. The summed E-state index contributed by atoms with van der Waals surface area (Å²) in [6.45, 7) is 12.2. The minimum Gasteiger partial charge on any atom is -1.00 e. The van der Waals surface area contributed by atoms with Crippen LogP contribution in [0.3, 0.4) is 0 Å². The van der Waals surface area contributed by atoms with Crippen LogP contribution in [0, 0.1) is 27.7 Å². The van der Waals surface area contributed by atoms with Gasteiger partial charge in [-0.3, -0.25) is 9.98 Å². The molecule has 3 rings (SSSR count). The Labute approximate surface area is 221 Å². The van der Waals surface area contributed by atoms with Gasteiger partial charge < -0.3 is 24.8 Å². The molecule has 0 radical (unpaired) electrons. The van der Waals surface area contributed by atoms with Gasteiger partial charge in [0.1, 0.15) is 0 Å². The maximum Gasteiger partial charge on any atom is -1.00 e. The van der Waals surface area contributed by atoms with E-state index in [1.54, 1.807) is 6.20 Å². The summed E-state index contributed by atoms with van der Waals surface area (Å²) in [5.74, 6) is 0. The summed E-state index contributed by atoms with van der Waals surface area (Å²) in [5.41, 5.74) is 8.95. The number of pyridine rings is 1. The topological polar surface area (TPSA) is 37.6 Å². The number of aromatic nitrogens is 1. The molecule has 2 aromatic carbocycles. The third kappa shape index (κ3) is 9.17. The van der Waals surface area contributed by atoms with Crippen LogP contribution in [0.4, 0.5) is 11.4 Å². The van der Waals surface area contributed by atoms with Crippen LogP contribution < -0.4 is 24.8 Å². The molecule has 171 valence electrons. The molecule has 0 amide bonds. The third-order valence-electron chi connectivity index (χ3n) is 4.45. The van der Waals surface area contributed by atoms with E-state index < -0.39 is 0 Å². The number of aryl methyl sites for hydroxylation is 4. The van der Waals surface area contributed by atoms with Crippen molar-refractivity contribution in [2.24, 2.45) is 9.98 Å². The number of para-hydroxylation sites is 1. The molecule has 0 N–H and O–H groups in total. The van der Waals surface area contributed by atoms with Crippen LogP contribution in [0.5, 0.6) is 0 Å². The molecule has 0 aliphatic rings. The largest absolute Gasteiger partial charge is 1.00 e. The number of rotatable bonds is 3. The smallest absolute Gasteiger partial charge is 1.00 e. The molecule has 0 unspecified atom stereocenters. The van der Waals surface area contributed by atoms with Crippen molar-refractivity contribution in [3.8, 4) is 0 Å². The number of benzene rings is 2. The van der Waals surface area contributed by atoms with Gasteiger partial charge in [-0.25, -0.2) is 0 Å². The molecule has 0 fully saturated rings. The van der Waals surface area contributed by atoms with Crippen LogP contribution in [-0.4, -0.2) is 15.3 Å². The molecule has 0 aliphatic heterocycles. The second kappa shape index (κ2) is 14.6. The Balaban J connectivity index is 0.000000584. The van der Waals surface area contributed by atoms with Gasteiger partial charge in [0, 0.05) is 28.1 Å². The first-order chi connectivity index (χ1) is 14.2. The van der Waals surface area contributed by atoms with Crippen LogP contribution in [0.2, 0.25) is 0 Å². The van der Waals surface area contributed by atoms with E-state index in [1.165, 1.54) is 16.7 Å². The van der Waals surface area contributed by atoms with E-state index in [1.807, 2.05) is 44.3 Å². The van der Waals surface area contributed by atoms with Crippen LogP contribution >= 0.6 is 15.9 Å². The molecule has 0 saturated carbocycles. The molecule has 0 saturated heterocycles. The molecule has 0 bridgehead atoms. The maximum atomic E-state index is 4.66. The van der Waals surface area contributed by atoms with Gasteiger partial charge in [-0.15, -0.1) is 0 Å². The standard InChI is InChI=1S/C14H13BrN2.C11H14N.2ClH.Fe/c1-10-5-3-7-13(15)14(10)17-11(2)12-6-4-8-16-9-12;1-5-12-11-9(3)6-8(2)7-10(11)4;;;/h3-9H,1-2H3;6-7H,1-4H3;2*1H;/q;;;;+2/p-2. The number of aliphatic imine (C=N–C) groups is 2. The van der Waals surface area contributed by atoms with Crippen molar-refractivity contribution in [1.82, 2.24) is 4.98 Å². The molecule has 3 aromatic rings. The minimum absolute atomic E-state index is 0. The zero-order chi connectivity index (χ0) is 22.3. The van der Waals surface area contributed by atoms with Crippen molar-refractivity contribution in [1.29, 1.82) is 0 Å². The fourth-order valence-corrected chi connectivity index (χ4v) is 3.75. The predicted molar refractivity (Wildman–Crippen MR) is 128 cm³/mol. The van der Waals surface area contributed by atoms with Gasteiger partial charge >= 0.3 is 87.8 Å². The van der Waals surface area contributed by atoms with Crippen molar-refractivity contribution in [3.63, 3.8) is 0 Å². The second-order valence-corrected chi connectivity index (χ2v) is 8.84. The molecule has 0 atom stereocenters. The number of halogens is 3. The van der Waals surface area contributed by atoms with E-state index in [0.717, 1.165) is 37.3 Å². The van der Waals surface area contributed by atoms with Crippen molar-refractivity contribution in [2.75, 3.05) is 0 Å². The Morgan fingerprint density at radius 1 is 0.844 bits per heavy atom. The first kappa shape index (κ1) is 30.5. The Morgan fingerprint density at radius 3 is 1.97 bits per heavy atom. The van der Waals surface area contributed by atoms with Gasteiger partial charge in [-0.05, 0) is 47.5 Å². The average molecular weight is 576 g/mol. The fourth-order valence-electron chi connectivity index (χ4n) is 3.07. The average Bonchev–Trinajstić information content (AvgIpc) is 2.68. The van der Waals surface area contributed by atoms with E-state index in [-0.39, 0.29) is 24.8 Å². The molecule has 1 aromatic heterocycles. The van der Waals surface area contributed by atoms with Gasteiger partial charge in [0.2, 0.25) is 0 Å². The van der Waals surface area contributed by atoms with Crippen molar-refractivity contribution >= 4 is 37.6 Å². The molecule has 0 spiro atoms. The maximum absolute atomic E-state index is 4.66. The first-order valence-corrected chi connectivity index (χ1v) is 11.0. The number of hydrogen-bond donors (Lipinski definition) is 0. The predicted octanol–water partition coefficient (Wildman–Crippen LogP) is 1.51. The van der Waals surface area contributed by atoms with E-state index >= 15 is 0 Å². The van der Waals surface area contributed by atoms with Gasteiger partial charge in [0.05, 0.1) is 5.69 Å². The van der Waals surface area contributed by atoms with Gasteiger partial charge in [-0.1, -0.05) is 18.2 Å². The molecular weight excluding hydrogens is 549 g/mol. The summed E-state index contributed by atoms with van der Waals surface area (Å²) in [7, 11) is 0. The van der Waals surface area contributed by atoms with Crippen molar-refractivity contribution in [3.05, 3.63) is 87.1 Å². The van der Waals surface area contributed by atoms with Crippen LogP contribution in [-0.2, 0) is 16.0 Å². The van der Waals surface area contributed by atoms with Gasteiger partial charge in [0.15, 0.2) is 0 Å². The van der Waals surface area contributed by atoms with Gasteiger partial charge in [0.25, 0.3) is 0 Å². The summed E-state index contributed by atoms with van der Waals surface area (Å²) in [6.07, 6.45) is 3.59. The van der Waals surface area contributed by atoms with E-state index in [9.17, 15) is 0 Å². The molecule has 0 aliphatic carbocycles. The molecule has 7 heteroatoms. The summed E-state index contributed by atoms with van der Waals surface area (Å²) in [4.78, 5) is 13.2. The minimum atomic E-state index is 0. The van der Waals surface area contributed by atoms with E-state index in [2.05, 4.69) is 92.8 Å². The summed E-state index contributed by atoms with van der Waals surface area (Å²) in [6, 6.07) is 14.3. The van der Waals surface area contributed by atoms with Crippen molar-refractivity contribution in [2.45, 2.75) is 41.5 Å². The SMILES string of the molecule is CC(=Nc1c(C)cccc1Br)c1cccnc1.C[C]([Fe+2])=Nc1c(C)cc(C)cc1C.[Cl-].[Cl-]. The van der Waals surface area contributed by atoms with Gasteiger partial charge in [-0.2, -0.15) is 0 Å². The molecule has 3 nitrogen and oxygen atoms in total. The Morgan fingerprint density at radius 2 is 1.47 bits per heavy atom. The summed E-state index contributed by atoms with van der Waals surface area (Å²) < 4.78 is 1.87. The summed E-state index contributed by atoms with van der Waals surface area (Å²) >= 11 is 7.31. The van der Waals surface area contributed by atoms with E-state index in [0.29, 0.717) is 0 Å². The number of hydrogen-bond acceptors (Lipinski definition) is 3. The Bertz CT molecular complexity index is 1040. The Hall–Kier alpha value is -1.49. The normalized spacial score (nSPS) is 11.0. The fraction of sp³-hybridized carbons (Fsp3) is 0.240. The first-order valence-electron chi connectivity index (χ1n) is 9.67.